The zero-order chi connectivity index (χ0) is 40.8. The van der Waals surface area contributed by atoms with E-state index in [1.54, 1.807) is 0 Å². The molecular formula is C50H94O6. The van der Waals surface area contributed by atoms with Crippen LogP contribution in [0.15, 0.2) is 12.2 Å². The van der Waals surface area contributed by atoms with Crippen molar-refractivity contribution in [3.05, 3.63) is 12.2 Å². The molecule has 0 aliphatic rings. The number of hydrogen-bond donors (Lipinski definition) is 0. The van der Waals surface area contributed by atoms with Gasteiger partial charge in [0.05, 0.1) is 0 Å². The van der Waals surface area contributed by atoms with Crippen LogP contribution in [0.1, 0.15) is 271 Å². The maximum Gasteiger partial charge on any atom is 0.306 e. The number of esters is 3. The Kier molecular flexibility index (Phi) is 44.3. The third-order valence-corrected chi connectivity index (χ3v) is 11.0. The van der Waals surface area contributed by atoms with Crippen LogP contribution in [0.25, 0.3) is 0 Å². The summed E-state index contributed by atoms with van der Waals surface area (Å²) in [5.74, 6) is -0.877. The van der Waals surface area contributed by atoms with E-state index < -0.39 is 6.10 Å². The van der Waals surface area contributed by atoms with E-state index in [0.717, 1.165) is 70.6 Å². The summed E-state index contributed by atoms with van der Waals surface area (Å²) in [5, 5.41) is 0. The number of unbranched alkanes of at least 4 members (excludes halogenated alkanes) is 32. The smallest absolute Gasteiger partial charge is 0.306 e. The van der Waals surface area contributed by atoms with Crippen LogP contribution < -0.4 is 0 Å². The summed E-state index contributed by atoms with van der Waals surface area (Å²) in [6.45, 7) is 6.63. The van der Waals surface area contributed by atoms with Crippen molar-refractivity contribution in [1.82, 2.24) is 0 Å². The lowest BCUT2D eigenvalue weighted by Gasteiger charge is -2.18. The fourth-order valence-corrected chi connectivity index (χ4v) is 7.26. The zero-order valence-electron chi connectivity index (χ0n) is 37.7. The molecule has 56 heavy (non-hydrogen) atoms. The fraction of sp³-hybridized carbons (Fsp3) is 0.900. The van der Waals surface area contributed by atoms with E-state index in [9.17, 15) is 14.4 Å². The minimum absolute atomic E-state index is 0.0713. The van der Waals surface area contributed by atoms with Gasteiger partial charge in [-0.15, -0.1) is 0 Å². The highest BCUT2D eigenvalue weighted by Crippen LogP contribution is 2.16. The van der Waals surface area contributed by atoms with Crippen LogP contribution >= 0.6 is 0 Å². The van der Waals surface area contributed by atoms with Crippen LogP contribution in [0.2, 0.25) is 0 Å². The van der Waals surface area contributed by atoms with Crippen LogP contribution in [-0.4, -0.2) is 37.2 Å². The molecule has 0 rings (SSSR count). The fourth-order valence-electron chi connectivity index (χ4n) is 7.26. The first-order chi connectivity index (χ1) is 27.5. The lowest BCUT2D eigenvalue weighted by Crippen LogP contribution is -2.30. The molecule has 0 bridgehead atoms. The van der Waals surface area contributed by atoms with Gasteiger partial charge in [0.15, 0.2) is 6.10 Å². The molecule has 0 heterocycles. The Morgan fingerprint density at radius 2 is 0.589 bits per heavy atom. The highest BCUT2D eigenvalue weighted by atomic mass is 16.6. The SMILES string of the molecule is CCCCCCCCC/C=C\CCCCCC(=O)OC(COC(=O)CCCCCCCCCCC)COC(=O)CCCCCCCCCCCCCCCCC. The molecule has 0 N–H and O–H groups in total. The van der Waals surface area contributed by atoms with Gasteiger partial charge in [0, 0.05) is 19.3 Å². The lowest BCUT2D eigenvalue weighted by molar-refractivity contribution is -0.167. The van der Waals surface area contributed by atoms with Crippen LogP contribution in [0.4, 0.5) is 0 Å². The number of allylic oxidation sites excluding steroid dienone is 2. The standard InChI is InChI=1S/C50H94O6/c1-4-7-10-13-16-19-21-23-25-27-28-31-34-37-40-43-49(52)55-46-47(45-54-48(51)42-39-36-33-30-18-15-12-9-6-3)56-50(53)44-41-38-35-32-29-26-24-22-20-17-14-11-8-5-2/h26,29,47H,4-25,27-28,30-46H2,1-3H3/b29-26-. The molecule has 0 aliphatic heterocycles. The van der Waals surface area contributed by atoms with Crippen molar-refractivity contribution in [2.45, 2.75) is 277 Å². The molecule has 1 unspecified atom stereocenters. The largest absolute Gasteiger partial charge is 0.462 e. The van der Waals surface area contributed by atoms with E-state index in [1.165, 1.54) is 161 Å². The maximum absolute atomic E-state index is 12.7. The van der Waals surface area contributed by atoms with Gasteiger partial charge < -0.3 is 14.2 Å². The summed E-state index contributed by atoms with van der Waals surface area (Å²) in [4.78, 5) is 37.8. The van der Waals surface area contributed by atoms with Gasteiger partial charge >= 0.3 is 17.9 Å². The normalized spacial score (nSPS) is 12.0. The number of rotatable bonds is 45. The van der Waals surface area contributed by atoms with E-state index in [-0.39, 0.29) is 31.1 Å². The molecule has 330 valence electrons. The van der Waals surface area contributed by atoms with Gasteiger partial charge in [-0.2, -0.15) is 0 Å². The third-order valence-electron chi connectivity index (χ3n) is 11.0. The van der Waals surface area contributed by atoms with Gasteiger partial charge in [0.25, 0.3) is 0 Å². The first-order valence-corrected chi connectivity index (χ1v) is 24.7. The van der Waals surface area contributed by atoms with Crippen LogP contribution in [0, 0.1) is 0 Å². The van der Waals surface area contributed by atoms with Gasteiger partial charge in [0.1, 0.15) is 13.2 Å². The molecule has 0 aliphatic carbocycles. The Morgan fingerprint density at radius 1 is 0.339 bits per heavy atom. The van der Waals surface area contributed by atoms with E-state index in [0.29, 0.717) is 19.3 Å². The molecule has 0 aromatic rings. The van der Waals surface area contributed by atoms with Crippen molar-refractivity contribution < 1.29 is 28.6 Å². The van der Waals surface area contributed by atoms with Gasteiger partial charge in [-0.1, -0.05) is 219 Å². The molecule has 0 spiro atoms. The average Bonchev–Trinajstić information content (AvgIpc) is 3.19. The van der Waals surface area contributed by atoms with Gasteiger partial charge in [-0.05, 0) is 44.9 Å². The van der Waals surface area contributed by atoms with E-state index >= 15 is 0 Å². The second-order valence-electron chi connectivity index (χ2n) is 16.7. The van der Waals surface area contributed by atoms with Crippen molar-refractivity contribution in [3.63, 3.8) is 0 Å². The Bertz CT molecular complexity index is 870. The molecule has 0 saturated carbocycles. The third kappa shape index (κ3) is 43.3. The highest BCUT2D eigenvalue weighted by Gasteiger charge is 2.19. The predicted molar refractivity (Wildman–Crippen MR) is 238 cm³/mol. The maximum atomic E-state index is 12.7. The summed E-state index contributed by atoms with van der Waals surface area (Å²) in [7, 11) is 0. The molecule has 0 fully saturated rings. The van der Waals surface area contributed by atoms with Gasteiger partial charge in [0.2, 0.25) is 0 Å². The Labute approximate surface area is 348 Å². The first-order valence-electron chi connectivity index (χ1n) is 24.7. The monoisotopic (exact) mass is 791 g/mol. The van der Waals surface area contributed by atoms with Gasteiger partial charge in [-0.3, -0.25) is 14.4 Å². The molecule has 6 nitrogen and oxygen atoms in total. The number of carbonyl (C=O) groups is 3. The van der Waals surface area contributed by atoms with Crippen molar-refractivity contribution in [3.8, 4) is 0 Å². The first kappa shape index (κ1) is 54.2. The molecule has 6 heteroatoms. The molecule has 0 aromatic carbocycles. The van der Waals surface area contributed by atoms with E-state index in [2.05, 4.69) is 32.9 Å². The van der Waals surface area contributed by atoms with E-state index in [4.69, 9.17) is 14.2 Å². The van der Waals surface area contributed by atoms with Crippen molar-refractivity contribution in [2.75, 3.05) is 13.2 Å². The number of carbonyl (C=O) groups excluding carboxylic acids is 3. The van der Waals surface area contributed by atoms with Crippen LogP contribution in [0.5, 0.6) is 0 Å². The molecule has 0 amide bonds. The number of hydrogen-bond acceptors (Lipinski definition) is 6. The summed E-state index contributed by atoms with van der Waals surface area (Å²) >= 11 is 0. The molecule has 0 aromatic heterocycles. The summed E-state index contributed by atoms with van der Waals surface area (Å²) in [6.07, 6.45) is 49.1. The quantitative estimate of drug-likeness (QED) is 0.0264. The van der Waals surface area contributed by atoms with Crippen molar-refractivity contribution in [1.29, 1.82) is 0 Å². The molecule has 0 saturated heterocycles. The van der Waals surface area contributed by atoms with Crippen molar-refractivity contribution >= 4 is 17.9 Å². The van der Waals surface area contributed by atoms with E-state index in [1.807, 2.05) is 0 Å². The summed E-state index contributed by atoms with van der Waals surface area (Å²) in [6, 6.07) is 0. The molecule has 1 atom stereocenters. The molecule has 0 radical (unpaired) electrons. The summed E-state index contributed by atoms with van der Waals surface area (Å²) in [5.41, 5.74) is 0. The van der Waals surface area contributed by atoms with Crippen LogP contribution in [-0.2, 0) is 28.6 Å². The lowest BCUT2D eigenvalue weighted by atomic mass is 10.0. The topological polar surface area (TPSA) is 78.9 Å². The molecular weight excluding hydrogens is 697 g/mol. The minimum atomic E-state index is -0.769. The minimum Gasteiger partial charge on any atom is -0.462 e. The average molecular weight is 791 g/mol. The van der Waals surface area contributed by atoms with Crippen LogP contribution in [0.3, 0.4) is 0 Å². The van der Waals surface area contributed by atoms with Gasteiger partial charge in [-0.25, -0.2) is 0 Å². The zero-order valence-corrected chi connectivity index (χ0v) is 37.7. The second-order valence-corrected chi connectivity index (χ2v) is 16.7. The Hall–Kier alpha value is -1.85. The highest BCUT2D eigenvalue weighted by molar-refractivity contribution is 5.71. The predicted octanol–water partition coefficient (Wildman–Crippen LogP) is 15.8. The Morgan fingerprint density at radius 3 is 0.911 bits per heavy atom. The second kappa shape index (κ2) is 45.8. The number of ether oxygens (including phenoxy) is 3. The summed E-state index contributed by atoms with van der Waals surface area (Å²) < 4.78 is 16.7. The Balaban J connectivity index is 4.31. The van der Waals surface area contributed by atoms with Crippen molar-refractivity contribution in [2.24, 2.45) is 0 Å².